The summed E-state index contributed by atoms with van der Waals surface area (Å²) in [5, 5.41) is 0. The molecule has 0 unspecified atom stereocenters. The Labute approximate surface area is 136 Å². The highest BCUT2D eigenvalue weighted by Gasteiger charge is 2.16. The van der Waals surface area contributed by atoms with Gasteiger partial charge in [0.1, 0.15) is 6.61 Å². The zero-order valence-electron chi connectivity index (χ0n) is 13.9. The maximum Gasteiger partial charge on any atom is 0.180 e. The number of hydrogen-bond acceptors (Lipinski definition) is 3. The molecule has 0 fully saturated rings. The van der Waals surface area contributed by atoms with Crippen LogP contribution in [0, 0.1) is 6.92 Å². The number of pyridine rings is 1. The highest BCUT2D eigenvalue weighted by Crippen LogP contribution is 2.26. The monoisotopic (exact) mass is 309 g/mol. The lowest BCUT2D eigenvalue weighted by atomic mass is 10.1. The van der Waals surface area contributed by atoms with Gasteiger partial charge in [-0.05, 0) is 36.1 Å². The van der Waals surface area contributed by atoms with E-state index in [1.807, 2.05) is 34.9 Å². The average molecular weight is 309 g/mol. The molecule has 4 heteroatoms. The van der Waals surface area contributed by atoms with Crippen LogP contribution < -0.4 is 10.5 Å². The van der Waals surface area contributed by atoms with Crippen LogP contribution in [-0.2, 0) is 13.2 Å². The van der Waals surface area contributed by atoms with Gasteiger partial charge in [-0.2, -0.15) is 0 Å². The number of rotatable bonds is 5. The van der Waals surface area contributed by atoms with Crippen molar-refractivity contribution in [2.75, 3.05) is 0 Å². The van der Waals surface area contributed by atoms with Crippen molar-refractivity contribution in [3.8, 4) is 5.75 Å². The van der Waals surface area contributed by atoms with Crippen LogP contribution in [0.2, 0.25) is 0 Å². The van der Waals surface area contributed by atoms with E-state index >= 15 is 0 Å². The summed E-state index contributed by atoms with van der Waals surface area (Å²) in [7, 11) is 0. The highest BCUT2D eigenvalue weighted by molar-refractivity contribution is 5.56. The minimum absolute atomic E-state index is 0.331. The van der Waals surface area contributed by atoms with Crippen molar-refractivity contribution in [1.82, 2.24) is 9.38 Å². The Balaban J connectivity index is 1.97. The van der Waals surface area contributed by atoms with E-state index in [-0.39, 0.29) is 0 Å². The van der Waals surface area contributed by atoms with E-state index in [1.54, 1.807) is 0 Å². The molecule has 0 aliphatic heterocycles. The predicted molar refractivity (Wildman–Crippen MR) is 92.7 cm³/mol. The van der Waals surface area contributed by atoms with Gasteiger partial charge in [0.25, 0.3) is 0 Å². The van der Waals surface area contributed by atoms with Gasteiger partial charge in [-0.25, -0.2) is 4.98 Å². The predicted octanol–water partition coefficient (Wildman–Crippen LogP) is 3.80. The molecule has 3 aromatic rings. The van der Waals surface area contributed by atoms with E-state index in [0.717, 1.165) is 22.8 Å². The Bertz CT molecular complexity index is 821. The molecule has 120 valence electrons. The zero-order valence-corrected chi connectivity index (χ0v) is 13.9. The number of nitrogens with zero attached hydrogens (tertiary/aromatic N) is 2. The number of ether oxygens (including phenoxy) is 1. The molecule has 0 amide bonds. The molecule has 1 aromatic carbocycles. The number of benzene rings is 1. The van der Waals surface area contributed by atoms with Crippen molar-refractivity contribution >= 4 is 5.65 Å². The molecule has 2 aromatic heterocycles. The fraction of sp³-hybridized carbons (Fsp3) is 0.316. The lowest BCUT2D eigenvalue weighted by Crippen LogP contribution is -2.05. The summed E-state index contributed by atoms with van der Waals surface area (Å²) in [5.74, 6) is 1.12. The maximum absolute atomic E-state index is 6.05. The zero-order chi connectivity index (χ0) is 16.4. The third kappa shape index (κ3) is 2.94. The van der Waals surface area contributed by atoms with E-state index in [2.05, 4.69) is 32.9 Å². The number of nitrogens with two attached hydrogens (primary N) is 1. The molecule has 4 nitrogen and oxygen atoms in total. The Hall–Kier alpha value is -2.33. The molecule has 0 aliphatic rings. The SMILES string of the molecule is Cc1ccccc1COc1cccn2c(CN)c(C(C)C)nc12. The highest BCUT2D eigenvalue weighted by atomic mass is 16.5. The van der Waals surface area contributed by atoms with E-state index < -0.39 is 0 Å². The van der Waals surface area contributed by atoms with Gasteiger partial charge in [0, 0.05) is 12.7 Å². The first kappa shape index (κ1) is 15.6. The van der Waals surface area contributed by atoms with Gasteiger partial charge >= 0.3 is 0 Å². The first-order chi connectivity index (χ1) is 11.1. The Kier molecular flexibility index (Phi) is 4.35. The lowest BCUT2D eigenvalue weighted by molar-refractivity contribution is 0.307. The van der Waals surface area contributed by atoms with Gasteiger partial charge in [-0.1, -0.05) is 38.1 Å². The number of aromatic nitrogens is 2. The molecule has 0 bridgehead atoms. The Morgan fingerprint density at radius 2 is 1.96 bits per heavy atom. The van der Waals surface area contributed by atoms with Crippen LogP contribution >= 0.6 is 0 Å². The maximum atomic E-state index is 6.05. The molecule has 2 N–H and O–H groups in total. The third-order valence-corrected chi connectivity index (χ3v) is 4.13. The summed E-state index contributed by atoms with van der Waals surface area (Å²) in [6, 6.07) is 12.2. The lowest BCUT2D eigenvalue weighted by Gasteiger charge is -2.09. The summed E-state index contributed by atoms with van der Waals surface area (Å²) in [5.41, 5.74) is 11.3. The fourth-order valence-corrected chi connectivity index (χ4v) is 2.81. The largest absolute Gasteiger partial charge is 0.485 e. The van der Waals surface area contributed by atoms with Crippen molar-refractivity contribution in [2.45, 2.75) is 39.8 Å². The second-order valence-corrected chi connectivity index (χ2v) is 6.08. The molecule has 0 radical (unpaired) electrons. The smallest absolute Gasteiger partial charge is 0.180 e. The van der Waals surface area contributed by atoms with Crippen LogP contribution in [0.3, 0.4) is 0 Å². The summed E-state index contributed by atoms with van der Waals surface area (Å²) >= 11 is 0. The number of hydrogen-bond donors (Lipinski definition) is 1. The number of imidazole rings is 1. The summed E-state index contributed by atoms with van der Waals surface area (Å²) in [6.07, 6.45) is 2.00. The van der Waals surface area contributed by atoms with Gasteiger partial charge in [0.2, 0.25) is 0 Å². The van der Waals surface area contributed by atoms with E-state index in [9.17, 15) is 0 Å². The van der Waals surface area contributed by atoms with Gasteiger partial charge in [-0.3, -0.25) is 4.40 Å². The van der Waals surface area contributed by atoms with Crippen LogP contribution in [0.5, 0.6) is 5.75 Å². The molecule has 0 saturated heterocycles. The molecule has 0 atom stereocenters. The number of fused-ring (bicyclic) bond motifs is 1. The topological polar surface area (TPSA) is 52.5 Å². The molecular formula is C19H23N3O. The molecule has 2 heterocycles. The van der Waals surface area contributed by atoms with Crippen LogP contribution in [0.4, 0.5) is 0 Å². The molecule has 3 rings (SSSR count). The van der Waals surface area contributed by atoms with Crippen molar-refractivity contribution in [3.63, 3.8) is 0 Å². The average Bonchev–Trinajstić information content (AvgIpc) is 2.93. The third-order valence-electron chi connectivity index (χ3n) is 4.13. The van der Waals surface area contributed by atoms with Crippen molar-refractivity contribution in [3.05, 3.63) is 65.1 Å². The minimum Gasteiger partial charge on any atom is -0.485 e. The first-order valence-corrected chi connectivity index (χ1v) is 7.99. The van der Waals surface area contributed by atoms with Gasteiger partial charge in [0.05, 0.1) is 11.4 Å². The van der Waals surface area contributed by atoms with Gasteiger partial charge in [0.15, 0.2) is 11.4 Å². The van der Waals surface area contributed by atoms with Crippen LogP contribution in [0.1, 0.15) is 42.3 Å². The summed E-state index contributed by atoms with van der Waals surface area (Å²) in [4.78, 5) is 4.78. The molecule has 0 saturated carbocycles. The Morgan fingerprint density at radius 3 is 2.65 bits per heavy atom. The Morgan fingerprint density at radius 1 is 1.17 bits per heavy atom. The molecule has 0 spiro atoms. The normalized spacial score (nSPS) is 11.3. The standard InChI is InChI=1S/C19H23N3O/c1-13(2)18-16(11-20)22-10-6-9-17(19(22)21-18)23-12-15-8-5-4-7-14(15)3/h4-10,13H,11-12,20H2,1-3H3. The van der Waals surface area contributed by atoms with E-state index in [0.29, 0.717) is 19.1 Å². The first-order valence-electron chi connectivity index (χ1n) is 7.99. The van der Waals surface area contributed by atoms with E-state index in [4.69, 9.17) is 15.5 Å². The second kappa shape index (κ2) is 6.42. The van der Waals surface area contributed by atoms with Gasteiger partial charge < -0.3 is 10.5 Å². The van der Waals surface area contributed by atoms with Crippen molar-refractivity contribution in [1.29, 1.82) is 0 Å². The summed E-state index contributed by atoms with van der Waals surface area (Å²) in [6.45, 7) is 7.37. The van der Waals surface area contributed by atoms with Crippen LogP contribution in [-0.4, -0.2) is 9.38 Å². The minimum atomic E-state index is 0.331. The molecule has 0 aliphatic carbocycles. The quantitative estimate of drug-likeness (QED) is 0.780. The van der Waals surface area contributed by atoms with Gasteiger partial charge in [-0.15, -0.1) is 0 Å². The molecule has 23 heavy (non-hydrogen) atoms. The molecular weight excluding hydrogens is 286 g/mol. The van der Waals surface area contributed by atoms with Crippen LogP contribution in [0.25, 0.3) is 5.65 Å². The van der Waals surface area contributed by atoms with Crippen molar-refractivity contribution in [2.24, 2.45) is 5.73 Å². The number of aryl methyl sites for hydroxylation is 1. The van der Waals surface area contributed by atoms with Crippen molar-refractivity contribution < 1.29 is 4.74 Å². The van der Waals surface area contributed by atoms with Crippen LogP contribution in [0.15, 0.2) is 42.6 Å². The van der Waals surface area contributed by atoms with E-state index in [1.165, 1.54) is 11.1 Å². The summed E-state index contributed by atoms with van der Waals surface area (Å²) < 4.78 is 8.10. The fourth-order valence-electron chi connectivity index (χ4n) is 2.81. The second-order valence-electron chi connectivity index (χ2n) is 6.08.